The van der Waals surface area contributed by atoms with Gasteiger partial charge in [-0.2, -0.15) is 0 Å². The SMILES string of the molecule is O=C(Nc1c(F)cc(F)cc1F)N(CCO)CCCO. The van der Waals surface area contributed by atoms with Gasteiger partial charge in [0.05, 0.1) is 6.61 Å². The predicted octanol–water partition coefficient (Wildman–Crippen LogP) is 1.31. The van der Waals surface area contributed by atoms with Gasteiger partial charge in [0.2, 0.25) is 0 Å². The van der Waals surface area contributed by atoms with E-state index in [0.29, 0.717) is 12.1 Å². The second kappa shape index (κ2) is 7.71. The highest BCUT2D eigenvalue weighted by Crippen LogP contribution is 2.20. The van der Waals surface area contributed by atoms with Crippen LogP contribution in [0.25, 0.3) is 0 Å². The van der Waals surface area contributed by atoms with Crippen molar-refractivity contribution in [2.75, 3.05) is 31.6 Å². The van der Waals surface area contributed by atoms with Crippen LogP contribution in [0.1, 0.15) is 6.42 Å². The van der Waals surface area contributed by atoms with Gasteiger partial charge in [-0.25, -0.2) is 18.0 Å². The normalized spacial score (nSPS) is 10.4. The fourth-order valence-electron chi connectivity index (χ4n) is 1.54. The van der Waals surface area contributed by atoms with Crippen LogP contribution in [0.15, 0.2) is 12.1 Å². The average molecular weight is 292 g/mol. The number of carbonyl (C=O) groups excluding carboxylic acids is 1. The molecule has 0 aromatic heterocycles. The number of aliphatic hydroxyl groups is 2. The number of aliphatic hydroxyl groups excluding tert-OH is 2. The Morgan fingerprint density at radius 1 is 1.10 bits per heavy atom. The number of anilines is 1. The summed E-state index contributed by atoms with van der Waals surface area (Å²) in [6, 6.07) is 0.0444. The largest absolute Gasteiger partial charge is 0.396 e. The minimum absolute atomic E-state index is 0.0593. The number of amides is 2. The first kappa shape index (κ1) is 16.3. The summed E-state index contributed by atoms with van der Waals surface area (Å²) >= 11 is 0. The first-order valence-corrected chi connectivity index (χ1v) is 5.91. The molecule has 0 heterocycles. The van der Waals surface area contributed by atoms with Crippen LogP contribution in [0.4, 0.5) is 23.7 Å². The summed E-state index contributed by atoms with van der Waals surface area (Å²) in [4.78, 5) is 12.9. The lowest BCUT2D eigenvalue weighted by atomic mass is 10.3. The second-order valence-corrected chi connectivity index (χ2v) is 3.96. The van der Waals surface area contributed by atoms with E-state index in [2.05, 4.69) is 0 Å². The smallest absolute Gasteiger partial charge is 0.322 e. The van der Waals surface area contributed by atoms with E-state index in [9.17, 15) is 18.0 Å². The zero-order valence-corrected chi connectivity index (χ0v) is 10.6. The molecular formula is C12H15F3N2O3. The van der Waals surface area contributed by atoms with Crippen LogP contribution in [-0.4, -0.2) is 47.4 Å². The molecule has 3 N–H and O–H groups in total. The van der Waals surface area contributed by atoms with Crippen LogP contribution >= 0.6 is 0 Å². The molecule has 5 nitrogen and oxygen atoms in total. The third-order valence-corrected chi connectivity index (χ3v) is 2.48. The fourth-order valence-corrected chi connectivity index (χ4v) is 1.54. The molecule has 8 heteroatoms. The maximum atomic E-state index is 13.4. The zero-order chi connectivity index (χ0) is 15.1. The van der Waals surface area contributed by atoms with E-state index in [-0.39, 0.29) is 32.7 Å². The van der Waals surface area contributed by atoms with E-state index in [4.69, 9.17) is 10.2 Å². The third-order valence-electron chi connectivity index (χ3n) is 2.48. The molecule has 1 aromatic carbocycles. The summed E-state index contributed by atoms with van der Waals surface area (Å²) in [5.41, 5.74) is -0.761. The summed E-state index contributed by atoms with van der Waals surface area (Å²) in [6.07, 6.45) is 0.252. The minimum atomic E-state index is -1.23. The van der Waals surface area contributed by atoms with Crippen molar-refractivity contribution < 1.29 is 28.2 Å². The Morgan fingerprint density at radius 2 is 1.70 bits per heavy atom. The standard InChI is InChI=1S/C12H15F3N2O3/c13-8-6-9(14)11(10(15)7-8)16-12(20)17(3-5-19)2-1-4-18/h6-7,18-19H,1-5H2,(H,16,20). The second-order valence-electron chi connectivity index (χ2n) is 3.96. The lowest BCUT2D eigenvalue weighted by molar-refractivity contribution is 0.179. The number of benzene rings is 1. The van der Waals surface area contributed by atoms with Crippen LogP contribution in [0, 0.1) is 17.5 Å². The first-order chi connectivity index (χ1) is 9.49. The number of hydrogen-bond acceptors (Lipinski definition) is 3. The molecule has 0 aliphatic heterocycles. The van der Waals surface area contributed by atoms with E-state index in [1.807, 2.05) is 5.32 Å². The highest BCUT2D eigenvalue weighted by atomic mass is 19.1. The zero-order valence-electron chi connectivity index (χ0n) is 10.6. The molecule has 0 fully saturated rings. The Bertz CT molecular complexity index is 448. The van der Waals surface area contributed by atoms with E-state index >= 15 is 0 Å². The third kappa shape index (κ3) is 4.39. The van der Waals surface area contributed by atoms with Crippen molar-refractivity contribution >= 4 is 11.7 Å². The number of rotatable bonds is 6. The molecule has 20 heavy (non-hydrogen) atoms. The van der Waals surface area contributed by atoms with E-state index < -0.39 is 29.2 Å². The molecule has 112 valence electrons. The maximum Gasteiger partial charge on any atom is 0.322 e. The fraction of sp³-hybridized carbons (Fsp3) is 0.417. The highest BCUT2D eigenvalue weighted by Gasteiger charge is 2.18. The molecule has 0 unspecified atom stereocenters. The van der Waals surface area contributed by atoms with Crippen LogP contribution in [0.2, 0.25) is 0 Å². The molecule has 0 atom stereocenters. The molecule has 1 aromatic rings. The number of urea groups is 1. The maximum absolute atomic E-state index is 13.4. The molecule has 0 spiro atoms. The molecule has 0 bridgehead atoms. The van der Waals surface area contributed by atoms with E-state index in [0.717, 1.165) is 4.90 Å². The number of hydrogen-bond donors (Lipinski definition) is 3. The molecular weight excluding hydrogens is 277 g/mol. The van der Waals surface area contributed by atoms with Crippen molar-refractivity contribution in [2.24, 2.45) is 0 Å². The molecule has 0 radical (unpaired) electrons. The van der Waals surface area contributed by atoms with Crippen LogP contribution < -0.4 is 5.32 Å². The van der Waals surface area contributed by atoms with Crippen molar-refractivity contribution in [1.82, 2.24) is 4.90 Å². The summed E-state index contributed by atoms with van der Waals surface area (Å²) < 4.78 is 39.5. The van der Waals surface area contributed by atoms with Crippen molar-refractivity contribution in [2.45, 2.75) is 6.42 Å². The van der Waals surface area contributed by atoms with Gasteiger partial charge in [-0.1, -0.05) is 0 Å². The van der Waals surface area contributed by atoms with Gasteiger partial charge in [0.1, 0.15) is 11.5 Å². The van der Waals surface area contributed by atoms with Crippen LogP contribution in [-0.2, 0) is 0 Å². The van der Waals surface area contributed by atoms with E-state index in [1.165, 1.54) is 0 Å². The lowest BCUT2D eigenvalue weighted by Crippen LogP contribution is -2.38. The van der Waals surface area contributed by atoms with Gasteiger partial charge in [0, 0.05) is 31.8 Å². The average Bonchev–Trinajstić information content (AvgIpc) is 2.38. The van der Waals surface area contributed by atoms with E-state index in [1.54, 1.807) is 0 Å². The van der Waals surface area contributed by atoms with Crippen LogP contribution in [0.3, 0.4) is 0 Å². The van der Waals surface area contributed by atoms with Gasteiger partial charge in [-0.3, -0.25) is 0 Å². The molecule has 0 aliphatic rings. The van der Waals surface area contributed by atoms with Gasteiger partial charge < -0.3 is 20.4 Å². The Kier molecular flexibility index (Phi) is 6.26. The first-order valence-electron chi connectivity index (χ1n) is 5.91. The quantitative estimate of drug-likeness (QED) is 0.740. The Morgan fingerprint density at radius 3 is 2.20 bits per heavy atom. The van der Waals surface area contributed by atoms with Crippen molar-refractivity contribution in [3.8, 4) is 0 Å². The van der Waals surface area contributed by atoms with Gasteiger partial charge in [0.25, 0.3) is 0 Å². The summed E-state index contributed by atoms with van der Waals surface area (Å²) in [7, 11) is 0. The minimum Gasteiger partial charge on any atom is -0.396 e. The molecule has 0 saturated heterocycles. The highest BCUT2D eigenvalue weighted by molar-refractivity contribution is 5.89. The summed E-state index contributed by atoms with van der Waals surface area (Å²) in [5, 5.41) is 19.5. The monoisotopic (exact) mass is 292 g/mol. The number of halogens is 3. The summed E-state index contributed by atoms with van der Waals surface area (Å²) in [6.45, 7) is -0.467. The Hall–Kier alpha value is -1.80. The number of nitrogens with zero attached hydrogens (tertiary/aromatic N) is 1. The van der Waals surface area contributed by atoms with Crippen molar-refractivity contribution in [1.29, 1.82) is 0 Å². The summed E-state index contributed by atoms with van der Waals surface area (Å²) in [5.74, 6) is -3.56. The van der Waals surface area contributed by atoms with Gasteiger partial charge in [-0.15, -0.1) is 0 Å². The van der Waals surface area contributed by atoms with Gasteiger partial charge in [0.15, 0.2) is 11.6 Å². The number of carbonyl (C=O) groups is 1. The van der Waals surface area contributed by atoms with Crippen molar-refractivity contribution in [3.05, 3.63) is 29.6 Å². The van der Waals surface area contributed by atoms with Gasteiger partial charge in [-0.05, 0) is 6.42 Å². The van der Waals surface area contributed by atoms with Gasteiger partial charge >= 0.3 is 6.03 Å². The Labute approximate surface area is 113 Å². The lowest BCUT2D eigenvalue weighted by Gasteiger charge is -2.22. The number of nitrogens with one attached hydrogen (secondary N) is 1. The molecule has 2 amide bonds. The molecule has 1 rings (SSSR count). The van der Waals surface area contributed by atoms with Crippen molar-refractivity contribution in [3.63, 3.8) is 0 Å². The topological polar surface area (TPSA) is 72.8 Å². The molecule has 0 saturated carbocycles. The molecule has 0 aliphatic carbocycles. The predicted molar refractivity (Wildman–Crippen MR) is 65.7 cm³/mol. The van der Waals surface area contributed by atoms with Crippen LogP contribution in [0.5, 0.6) is 0 Å². The Balaban J connectivity index is 2.82.